The molecule has 1 heterocycles. The molecule has 1 fully saturated rings. The first-order valence-corrected chi connectivity index (χ1v) is 8.18. The van der Waals surface area contributed by atoms with E-state index in [-0.39, 0.29) is 11.8 Å². The van der Waals surface area contributed by atoms with Gasteiger partial charge in [0.2, 0.25) is 11.8 Å². The van der Waals surface area contributed by atoms with Gasteiger partial charge >= 0.3 is 0 Å². The van der Waals surface area contributed by atoms with Crippen molar-refractivity contribution >= 4 is 11.8 Å². The molecular weight excluding hydrogens is 300 g/mol. The number of hydrogen-bond acceptors (Lipinski definition) is 6. The largest absolute Gasteiger partial charge is 0.378 e. The molecule has 0 atom stereocenters. The van der Waals surface area contributed by atoms with Crippen molar-refractivity contribution in [3.63, 3.8) is 0 Å². The molecule has 0 aliphatic carbocycles. The van der Waals surface area contributed by atoms with Crippen LogP contribution >= 0.6 is 0 Å². The minimum atomic E-state index is -0.00450. The maximum absolute atomic E-state index is 11.8. The van der Waals surface area contributed by atoms with E-state index < -0.39 is 0 Å². The lowest BCUT2D eigenvalue weighted by Crippen LogP contribution is -2.50. The van der Waals surface area contributed by atoms with Gasteiger partial charge in [-0.1, -0.05) is 0 Å². The first kappa shape index (κ1) is 19.8. The summed E-state index contributed by atoms with van der Waals surface area (Å²) in [6.45, 7) is 8.42. The van der Waals surface area contributed by atoms with Crippen LogP contribution in [-0.4, -0.2) is 101 Å². The van der Waals surface area contributed by atoms with E-state index in [0.717, 1.165) is 19.6 Å². The van der Waals surface area contributed by atoms with Crippen molar-refractivity contribution in [2.24, 2.45) is 0 Å². The van der Waals surface area contributed by atoms with Crippen LogP contribution in [0.3, 0.4) is 0 Å². The van der Waals surface area contributed by atoms with Crippen LogP contribution in [0.5, 0.6) is 0 Å². The summed E-state index contributed by atoms with van der Waals surface area (Å²) in [5.41, 5.74) is 0. The molecule has 1 rings (SSSR count). The Morgan fingerprint density at radius 1 is 0.957 bits per heavy atom. The summed E-state index contributed by atoms with van der Waals surface area (Å²) in [7, 11) is 1.88. The van der Waals surface area contributed by atoms with Gasteiger partial charge in [-0.25, -0.2) is 0 Å². The number of nitrogens with zero attached hydrogens (tertiary/aromatic N) is 2. The Kier molecular flexibility index (Phi) is 10.5. The molecule has 8 heteroatoms. The van der Waals surface area contributed by atoms with Crippen LogP contribution in [-0.2, 0) is 19.1 Å². The smallest absolute Gasteiger partial charge is 0.234 e. The van der Waals surface area contributed by atoms with E-state index in [4.69, 9.17) is 9.47 Å². The van der Waals surface area contributed by atoms with Crippen molar-refractivity contribution in [3.05, 3.63) is 0 Å². The molecule has 0 bridgehead atoms. The molecule has 0 aromatic heterocycles. The highest BCUT2D eigenvalue weighted by molar-refractivity contribution is 5.78. The summed E-state index contributed by atoms with van der Waals surface area (Å²) in [4.78, 5) is 26.9. The minimum Gasteiger partial charge on any atom is -0.378 e. The van der Waals surface area contributed by atoms with E-state index in [1.54, 1.807) is 11.8 Å². The first-order valence-electron chi connectivity index (χ1n) is 8.18. The van der Waals surface area contributed by atoms with Gasteiger partial charge in [0.25, 0.3) is 0 Å². The van der Waals surface area contributed by atoms with Crippen LogP contribution in [0.2, 0.25) is 0 Å². The van der Waals surface area contributed by atoms with Crippen molar-refractivity contribution < 1.29 is 19.1 Å². The zero-order valence-corrected chi connectivity index (χ0v) is 14.3. The van der Waals surface area contributed by atoms with Crippen LogP contribution in [0.4, 0.5) is 0 Å². The third-order valence-electron chi connectivity index (χ3n) is 3.62. The monoisotopic (exact) mass is 330 g/mol. The van der Waals surface area contributed by atoms with Crippen molar-refractivity contribution in [3.8, 4) is 0 Å². The Labute approximate surface area is 138 Å². The molecule has 0 radical (unpaired) electrons. The van der Waals surface area contributed by atoms with Crippen molar-refractivity contribution in [1.82, 2.24) is 20.4 Å². The maximum Gasteiger partial charge on any atom is 0.234 e. The molecule has 1 aliphatic heterocycles. The number of piperazine rings is 1. The zero-order chi connectivity index (χ0) is 16.9. The van der Waals surface area contributed by atoms with Gasteiger partial charge in [-0.05, 0) is 7.05 Å². The number of rotatable bonds is 11. The van der Waals surface area contributed by atoms with E-state index in [1.165, 1.54) is 0 Å². The normalized spacial score (nSPS) is 15.7. The predicted molar refractivity (Wildman–Crippen MR) is 87.3 cm³/mol. The summed E-state index contributed by atoms with van der Waals surface area (Å²) in [5, 5.41) is 5.83. The molecule has 1 aliphatic rings. The maximum atomic E-state index is 11.8. The van der Waals surface area contributed by atoms with Gasteiger partial charge in [0.05, 0.1) is 33.0 Å². The summed E-state index contributed by atoms with van der Waals surface area (Å²) in [6, 6.07) is 0. The van der Waals surface area contributed by atoms with Gasteiger partial charge < -0.3 is 25.0 Å². The molecule has 1 saturated heterocycles. The van der Waals surface area contributed by atoms with Gasteiger partial charge in [-0.15, -0.1) is 0 Å². The molecule has 0 aromatic rings. The fraction of sp³-hybridized carbons (Fsp3) is 0.867. The number of nitrogens with one attached hydrogen (secondary N) is 2. The highest BCUT2D eigenvalue weighted by Gasteiger charge is 2.19. The molecule has 134 valence electrons. The Bertz CT molecular complexity index is 346. The second-order valence-electron chi connectivity index (χ2n) is 5.46. The van der Waals surface area contributed by atoms with Gasteiger partial charge in [0.1, 0.15) is 0 Å². The molecule has 8 nitrogen and oxygen atoms in total. The van der Waals surface area contributed by atoms with E-state index in [0.29, 0.717) is 52.6 Å². The third kappa shape index (κ3) is 9.50. The number of ether oxygens (including phenoxy) is 2. The van der Waals surface area contributed by atoms with E-state index in [1.807, 2.05) is 7.05 Å². The SMILES string of the molecule is CNCCOCCOCCNC(=O)CN1CCN(C(C)=O)CC1. The van der Waals surface area contributed by atoms with E-state index in [2.05, 4.69) is 15.5 Å². The Hall–Kier alpha value is -1.22. The molecule has 23 heavy (non-hydrogen) atoms. The van der Waals surface area contributed by atoms with Crippen molar-refractivity contribution in [1.29, 1.82) is 0 Å². The Morgan fingerprint density at radius 2 is 1.57 bits per heavy atom. The second kappa shape index (κ2) is 12.2. The topological polar surface area (TPSA) is 83.1 Å². The molecule has 2 amide bonds. The second-order valence-corrected chi connectivity index (χ2v) is 5.46. The molecule has 0 aromatic carbocycles. The number of amides is 2. The van der Waals surface area contributed by atoms with Crippen LogP contribution in [0.25, 0.3) is 0 Å². The van der Waals surface area contributed by atoms with E-state index in [9.17, 15) is 9.59 Å². The predicted octanol–water partition coefficient (Wildman–Crippen LogP) is -1.48. The van der Waals surface area contributed by atoms with Gasteiger partial charge in [-0.2, -0.15) is 0 Å². The lowest BCUT2D eigenvalue weighted by atomic mass is 10.3. The average Bonchev–Trinajstić information content (AvgIpc) is 2.54. The van der Waals surface area contributed by atoms with Crippen LogP contribution in [0.1, 0.15) is 6.92 Å². The molecule has 0 spiro atoms. The van der Waals surface area contributed by atoms with Gasteiger partial charge in [-0.3, -0.25) is 14.5 Å². The van der Waals surface area contributed by atoms with Crippen LogP contribution in [0.15, 0.2) is 0 Å². The lowest BCUT2D eigenvalue weighted by Gasteiger charge is -2.33. The highest BCUT2D eigenvalue weighted by atomic mass is 16.5. The van der Waals surface area contributed by atoms with Gasteiger partial charge in [0.15, 0.2) is 0 Å². The summed E-state index contributed by atoms with van der Waals surface area (Å²) < 4.78 is 10.7. The van der Waals surface area contributed by atoms with Gasteiger partial charge in [0, 0.05) is 46.2 Å². The minimum absolute atomic E-state index is 0.00450. The van der Waals surface area contributed by atoms with Crippen LogP contribution in [0, 0.1) is 0 Å². The molecule has 0 saturated carbocycles. The van der Waals surface area contributed by atoms with E-state index >= 15 is 0 Å². The first-order chi connectivity index (χ1) is 11.1. The number of likely N-dealkylation sites (N-methyl/N-ethyl adjacent to an activating group) is 1. The fourth-order valence-corrected chi connectivity index (χ4v) is 2.24. The summed E-state index contributed by atoms with van der Waals surface area (Å²) >= 11 is 0. The number of hydrogen-bond donors (Lipinski definition) is 2. The third-order valence-corrected chi connectivity index (χ3v) is 3.62. The fourth-order valence-electron chi connectivity index (χ4n) is 2.24. The number of carbonyl (C=O) groups excluding carboxylic acids is 2. The van der Waals surface area contributed by atoms with Crippen LogP contribution < -0.4 is 10.6 Å². The summed E-state index contributed by atoms with van der Waals surface area (Å²) in [6.07, 6.45) is 0. The molecule has 2 N–H and O–H groups in total. The molecular formula is C15H30N4O4. The highest BCUT2D eigenvalue weighted by Crippen LogP contribution is 2.01. The average molecular weight is 330 g/mol. The van der Waals surface area contributed by atoms with Crippen molar-refractivity contribution in [2.75, 3.05) is 79.3 Å². The zero-order valence-electron chi connectivity index (χ0n) is 14.3. The summed E-state index contributed by atoms with van der Waals surface area (Å²) in [5.74, 6) is 0.0938. The lowest BCUT2D eigenvalue weighted by molar-refractivity contribution is -0.131. The Morgan fingerprint density at radius 3 is 2.13 bits per heavy atom. The van der Waals surface area contributed by atoms with Crippen molar-refractivity contribution in [2.45, 2.75) is 6.92 Å². The number of carbonyl (C=O) groups is 2. The Balaban J connectivity index is 1.94. The molecule has 0 unspecified atom stereocenters. The quantitative estimate of drug-likeness (QED) is 0.450. The standard InChI is InChI=1S/C15H30N4O4/c1-14(20)19-7-5-18(6-8-19)13-15(21)17-4-10-23-12-11-22-9-3-16-2/h16H,3-13H2,1-2H3,(H,17,21).